The Labute approximate surface area is 96.5 Å². The van der Waals surface area contributed by atoms with Crippen LogP contribution in [0.1, 0.15) is 31.4 Å². The van der Waals surface area contributed by atoms with Crippen LogP contribution in [0.3, 0.4) is 0 Å². The molecule has 1 unspecified atom stereocenters. The molecule has 0 fully saturated rings. The van der Waals surface area contributed by atoms with E-state index in [-0.39, 0.29) is 0 Å². The van der Waals surface area contributed by atoms with Gasteiger partial charge in [0.05, 0.1) is 0 Å². The Balaban J connectivity index is 2.98. The van der Waals surface area contributed by atoms with Gasteiger partial charge in [0.2, 0.25) is 0 Å². The molecule has 0 spiro atoms. The number of para-hydroxylation sites is 1. The summed E-state index contributed by atoms with van der Waals surface area (Å²) in [5, 5.41) is 12.1. The van der Waals surface area contributed by atoms with Crippen LogP contribution < -0.4 is 5.32 Å². The van der Waals surface area contributed by atoms with Crippen molar-refractivity contribution in [2.24, 2.45) is 0 Å². The molecule has 0 radical (unpaired) electrons. The minimum Gasteiger partial charge on any atom is -0.480 e. The summed E-state index contributed by atoms with van der Waals surface area (Å²) in [5.74, 6) is -0.798. The van der Waals surface area contributed by atoms with Crippen molar-refractivity contribution in [1.82, 2.24) is 0 Å². The number of carbonyl (C=O) groups is 1. The Morgan fingerprint density at radius 3 is 2.62 bits per heavy atom. The molecule has 3 nitrogen and oxygen atoms in total. The number of hydrogen-bond acceptors (Lipinski definition) is 2. The smallest absolute Gasteiger partial charge is 0.326 e. The lowest BCUT2D eigenvalue weighted by Gasteiger charge is -2.18. The standard InChI is InChI=1S/C13H19NO2/c1-4-10-8-6-7-9(3)12(10)14-11(5-2)13(15)16/h6-8,11,14H,4-5H2,1-3H3,(H,15,16). The summed E-state index contributed by atoms with van der Waals surface area (Å²) in [6.07, 6.45) is 1.48. The molecule has 3 heteroatoms. The fourth-order valence-electron chi connectivity index (χ4n) is 1.74. The second kappa shape index (κ2) is 5.54. The van der Waals surface area contributed by atoms with Crippen LogP contribution in [0.15, 0.2) is 18.2 Å². The maximum atomic E-state index is 11.0. The van der Waals surface area contributed by atoms with Gasteiger partial charge in [-0.05, 0) is 30.9 Å². The third-order valence-electron chi connectivity index (χ3n) is 2.76. The van der Waals surface area contributed by atoms with E-state index < -0.39 is 12.0 Å². The number of anilines is 1. The van der Waals surface area contributed by atoms with Gasteiger partial charge in [-0.3, -0.25) is 0 Å². The number of aryl methyl sites for hydroxylation is 2. The van der Waals surface area contributed by atoms with E-state index in [0.29, 0.717) is 6.42 Å². The van der Waals surface area contributed by atoms with Crippen molar-refractivity contribution in [3.63, 3.8) is 0 Å². The first-order valence-electron chi connectivity index (χ1n) is 5.68. The first-order valence-corrected chi connectivity index (χ1v) is 5.68. The minimum absolute atomic E-state index is 0.508. The highest BCUT2D eigenvalue weighted by Crippen LogP contribution is 2.22. The third-order valence-corrected chi connectivity index (χ3v) is 2.76. The largest absolute Gasteiger partial charge is 0.480 e. The van der Waals surface area contributed by atoms with Gasteiger partial charge in [0.15, 0.2) is 0 Å². The normalized spacial score (nSPS) is 12.2. The monoisotopic (exact) mass is 221 g/mol. The van der Waals surface area contributed by atoms with Gasteiger partial charge < -0.3 is 10.4 Å². The molecule has 0 aliphatic rings. The van der Waals surface area contributed by atoms with Crippen molar-refractivity contribution < 1.29 is 9.90 Å². The van der Waals surface area contributed by atoms with E-state index >= 15 is 0 Å². The van der Waals surface area contributed by atoms with E-state index in [4.69, 9.17) is 5.11 Å². The Bertz CT molecular complexity index is 374. The Morgan fingerprint density at radius 2 is 2.12 bits per heavy atom. The first-order chi connectivity index (χ1) is 7.60. The summed E-state index contributed by atoms with van der Waals surface area (Å²) in [7, 11) is 0. The predicted octanol–water partition coefficient (Wildman–Crippen LogP) is 2.83. The van der Waals surface area contributed by atoms with Gasteiger partial charge in [0.25, 0.3) is 0 Å². The third kappa shape index (κ3) is 2.75. The predicted molar refractivity (Wildman–Crippen MR) is 65.9 cm³/mol. The topological polar surface area (TPSA) is 49.3 Å². The molecule has 0 aliphatic heterocycles. The summed E-state index contributed by atoms with van der Waals surface area (Å²) < 4.78 is 0. The zero-order chi connectivity index (χ0) is 12.1. The second-order valence-electron chi connectivity index (χ2n) is 3.91. The molecule has 1 aromatic rings. The molecule has 0 aliphatic carbocycles. The van der Waals surface area contributed by atoms with E-state index in [1.165, 1.54) is 5.56 Å². The van der Waals surface area contributed by atoms with Crippen LogP contribution >= 0.6 is 0 Å². The van der Waals surface area contributed by atoms with Gasteiger partial charge in [0.1, 0.15) is 6.04 Å². The zero-order valence-electron chi connectivity index (χ0n) is 10.1. The fraction of sp³-hybridized carbons (Fsp3) is 0.462. The van der Waals surface area contributed by atoms with Crippen molar-refractivity contribution in [2.75, 3.05) is 5.32 Å². The average Bonchev–Trinajstić information content (AvgIpc) is 2.26. The number of benzene rings is 1. The molecule has 0 saturated heterocycles. The molecule has 1 rings (SSSR count). The highest BCUT2D eigenvalue weighted by molar-refractivity contribution is 5.78. The number of hydrogen-bond donors (Lipinski definition) is 2. The van der Waals surface area contributed by atoms with Crippen molar-refractivity contribution in [3.05, 3.63) is 29.3 Å². The van der Waals surface area contributed by atoms with Crippen LogP contribution in [0.5, 0.6) is 0 Å². The van der Waals surface area contributed by atoms with Crippen molar-refractivity contribution in [3.8, 4) is 0 Å². The van der Waals surface area contributed by atoms with Gasteiger partial charge in [-0.1, -0.05) is 32.0 Å². The molecule has 0 aromatic heterocycles. The van der Waals surface area contributed by atoms with Gasteiger partial charge in [0, 0.05) is 5.69 Å². The van der Waals surface area contributed by atoms with Crippen molar-refractivity contribution >= 4 is 11.7 Å². The van der Waals surface area contributed by atoms with E-state index in [1.807, 2.05) is 32.0 Å². The molecule has 0 bridgehead atoms. The maximum absolute atomic E-state index is 11.0. The van der Waals surface area contributed by atoms with E-state index in [2.05, 4.69) is 12.2 Å². The molecule has 0 amide bonds. The minimum atomic E-state index is -0.798. The molecular formula is C13H19NO2. The van der Waals surface area contributed by atoms with Crippen LogP contribution in [0.4, 0.5) is 5.69 Å². The number of rotatable bonds is 5. The highest BCUT2D eigenvalue weighted by Gasteiger charge is 2.16. The zero-order valence-corrected chi connectivity index (χ0v) is 10.1. The van der Waals surface area contributed by atoms with Gasteiger partial charge in [-0.15, -0.1) is 0 Å². The highest BCUT2D eigenvalue weighted by atomic mass is 16.4. The number of carboxylic acids is 1. The number of aliphatic carboxylic acids is 1. The average molecular weight is 221 g/mol. The van der Waals surface area contributed by atoms with Crippen LogP contribution in [-0.2, 0) is 11.2 Å². The Hall–Kier alpha value is -1.51. The molecule has 1 aromatic carbocycles. The molecule has 0 heterocycles. The lowest BCUT2D eigenvalue weighted by molar-refractivity contribution is -0.137. The second-order valence-corrected chi connectivity index (χ2v) is 3.91. The summed E-state index contributed by atoms with van der Waals surface area (Å²) in [4.78, 5) is 11.0. The van der Waals surface area contributed by atoms with Gasteiger partial charge in [-0.25, -0.2) is 4.79 Å². The Morgan fingerprint density at radius 1 is 1.44 bits per heavy atom. The lowest BCUT2D eigenvalue weighted by atomic mass is 10.0. The maximum Gasteiger partial charge on any atom is 0.326 e. The van der Waals surface area contributed by atoms with Crippen LogP contribution in [0, 0.1) is 6.92 Å². The van der Waals surface area contributed by atoms with Crippen LogP contribution in [0.2, 0.25) is 0 Å². The van der Waals surface area contributed by atoms with Crippen molar-refractivity contribution in [2.45, 2.75) is 39.7 Å². The summed E-state index contributed by atoms with van der Waals surface area (Å²) in [5.41, 5.74) is 3.23. The first kappa shape index (κ1) is 12.6. The number of nitrogens with one attached hydrogen (secondary N) is 1. The Kier molecular flexibility index (Phi) is 4.35. The molecule has 88 valence electrons. The summed E-state index contributed by atoms with van der Waals surface area (Å²) in [6, 6.07) is 5.52. The van der Waals surface area contributed by atoms with E-state index in [1.54, 1.807) is 0 Å². The molecular weight excluding hydrogens is 202 g/mol. The lowest BCUT2D eigenvalue weighted by Crippen LogP contribution is -2.29. The van der Waals surface area contributed by atoms with Crippen molar-refractivity contribution in [1.29, 1.82) is 0 Å². The van der Waals surface area contributed by atoms with Crippen LogP contribution in [-0.4, -0.2) is 17.1 Å². The van der Waals surface area contributed by atoms with Gasteiger partial charge in [-0.2, -0.15) is 0 Å². The SMILES string of the molecule is CCc1cccc(C)c1NC(CC)C(=O)O. The fourth-order valence-corrected chi connectivity index (χ4v) is 1.74. The molecule has 1 atom stereocenters. The number of carboxylic acid groups (broad SMARTS) is 1. The molecule has 0 saturated carbocycles. The molecule has 2 N–H and O–H groups in total. The summed E-state index contributed by atoms with van der Waals surface area (Å²) >= 11 is 0. The van der Waals surface area contributed by atoms with E-state index in [0.717, 1.165) is 17.7 Å². The van der Waals surface area contributed by atoms with E-state index in [9.17, 15) is 4.79 Å². The molecule has 16 heavy (non-hydrogen) atoms. The quantitative estimate of drug-likeness (QED) is 0.803. The summed E-state index contributed by atoms with van der Waals surface area (Å²) in [6.45, 7) is 5.94. The van der Waals surface area contributed by atoms with Gasteiger partial charge >= 0.3 is 5.97 Å². The van der Waals surface area contributed by atoms with Crippen LogP contribution in [0.25, 0.3) is 0 Å².